The first kappa shape index (κ1) is 14.4. The number of fused-ring (bicyclic) bond motifs is 2. The van der Waals surface area contributed by atoms with Gasteiger partial charge in [-0.05, 0) is 35.7 Å². The summed E-state index contributed by atoms with van der Waals surface area (Å²) in [5.41, 5.74) is 1.10. The van der Waals surface area contributed by atoms with Crippen LogP contribution in [0.5, 0.6) is 0 Å². The number of benzene rings is 2. The van der Waals surface area contributed by atoms with E-state index in [1.165, 1.54) is 0 Å². The quantitative estimate of drug-likeness (QED) is 0.529. The summed E-state index contributed by atoms with van der Waals surface area (Å²) in [5.74, 6) is -0.577. The van der Waals surface area contributed by atoms with Crippen molar-refractivity contribution in [2.45, 2.75) is 9.79 Å². The predicted octanol–water partition coefficient (Wildman–Crippen LogP) is 3.61. The van der Waals surface area contributed by atoms with Crippen molar-refractivity contribution in [2.24, 2.45) is 0 Å². The van der Waals surface area contributed by atoms with Crippen LogP contribution in [0.4, 0.5) is 0 Å². The lowest BCUT2D eigenvalue weighted by atomic mass is 9.84. The molecule has 1 aliphatic carbocycles. The molecular weight excluding hydrogens is 316 g/mol. The number of hydrogen-bond donors (Lipinski definition) is 0. The van der Waals surface area contributed by atoms with Gasteiger partial charge in [-0.25, -0.2) is 0 Å². The highest BCUT2D eigenvalue weighted by Crippen LogP contribution is 2.38. The molecule has 0 N–H and O–H groups in total. The molecule has 0 unspecified atom stereocenters. The van der Waals surface area contributed by atoms with Crippen molar-refractivity contribution in [3.05, 3.63) is 58.7 Å². The van der Waals surface area contributed by atoms with Crippen molar-refractivity contribution >= 4 is 35.1 Å². The Morgan fingerprint density at radius 2 is 1.14 bits per heavy atom. The highest BCUT2D eigenvalue weighted by atomic mass is 32.2. The molecule has 22 heavy (non-hydrogen) atoms. The normalized spacial score (nSPS) is 12.1. The third-order valence-corrected chi connectivity index (χ3v) is 4.61. The lowest BCUT2D eigenvalue weighted by molar-refractivity contribution is 0.0974. The molecule has 4 nitrogen and oxygen atoms in total. The van der Waals surface area contributed by atoms with E-state index >= 15 is 0 Å². The zero-order chi connectivity index (χ0) is 15.7. The van der Waals surface area contributed by atoms with Crippen molar-refractivity contribution in [1.29, 1.82) is 10.5 Å². The average molecular weight is 322 g/mol. The number of thiocyanates is 2. The summed E-state index contributed by atoms with van der Waals surface area (Å²) in [5, 5.41) is 21.7. The van der Waals surface area contributed by atoms with E-state index in [4.69, 9.17) is 10.5 Å². The minimum absolute atomic E-state index is 0.218. The Labute approximate surface area is 134 Å². The fraction of sp³-hybridized carbons (Fsp3) is 0. The molecule has 0 aliphatic heterocycles. The first-order chi connectivity index (χ1) is 10.7. The van der Waals surface area contributed by atoms with Gasteiger partial charge in [-0.2, -0.15) is 10.5 Å². The van der Waals surface area contributed by atoms with E-state index in [0.717, 1.165) is 23.5 Å². The predicted molar refractivity (Wildman–Crippen MR) is 82.7 cm³/mol. The second-order valence-electron chi connectivity index (χ2n) is 4.40. The van der Waals surface area contributed by atoms with E-state index in [-0.39, 0.29) is 22.7 Å². The molecule has 0 spiro atoms. The van der Waals surface area contributed by atoms with Crippen molar-refractivity contribution in [3.63, 3.8) is 0 Å². The molecule has 0 saturated carbocycles. The van der Waals surface area contributed by atoms with Gasteiger partial charge in [-0.3, -0.25) is 9.59 Å². The molecule has 0 amide bonds. The van der Waals surface area contributed by atoms with E-state index < -0.39 is 0 Å². The highest BCUT2D eigenvalue weighted by Gasteiger charge is 2.33. The Balaban J connectivity index is 2.35. The summed E-state index contributed by atoms with van der Waals surface area (Å²) in [6.45, 7) is 0. The molecule has 0 heterocycles. The first-order valence-electron chi connectivity index (χ1n) is 6.16. The summed E-state index contributed by atoms with van der Waals surface area (Å²) in [7, 11) is 0. The van der Waals surface area contributed by atoms with Gasteiger partial charge < -0.3 is 0 Å². The van der Waals surface area contributed by atoms with Crippen LogP contribution in [-0.2, 0) is 0 Å². The van der Waals surface area contributed by atoms with Crippen molar-refractivity contribution in [3.8, 4) is 10.8 Å². The number of rotatable bonds is 2. The standard InChI is InChI=1S/C16H6N2O2S2/c17-7-21-11-5-6-12(22-8-18)14-13(11)15(19)9-3-1-2-4-10(9)16(14)20/h1-6H. The molecule has 6 heteroatoms. The van der Waals surface area contributed by atoms with Gasteiger partial charge in [0, 0.05) is 32.0 Å². The molecule has 2 aromatic rings. The van der Waals surface area contributed by atoms with Crippen LogP contribution in [0.2, 0.25) is 0 Å². The molecule has 0 saturated heterocycles. The van der Waals surface area contributed by atoms with Gasteiger partial charge in [-0.15, -0.1) is 0 Å². The number of carbonyl (C=O) groups is 2. The van der Waals surface area contributed by atoms with Gasteiger partial charge in [0.15, 0.2) is 11.6 Å². The molecule has 0 aromatic heterocycles. The van der Waals surface area contributed by atoms with Crippen LogP contribution in [0.3, 0.4) is 0 Å². The van der Waals surface area contributed by atoms with Crippen LogP contribution in [0.1, 0.15) is 31.8 Å². The van der Waals surface area contributed by atoms with Crippen molar-refractivity contribution < 1.29 is 9.59 Å². The number of ketones is 2. The summed E-state index contributed by atoms with van der Waals surface area (Å²) < 4.78 is 0. The number of hydrogen-bond acceptors (Lipinski definition) is 6. The van der Waals surface area contributed by atoms with Gasteiger partial charge in [0.2, 0.25) is 0 Å². The lowest BCUT2D eigenvalue weighted by Crippen LogP contribution is -2.22. The maximum Gasteiger partial charge on any atom is 0.195 e. The third-order valence-electron chi connectivity index (χ3n) is 3.31. The number of carbonyl (C=O) groups excluding carboxylic acids is 2. The highest BCUT2D eigenvalue weighted by molar-refractivity contribution is 8.04. The number of nitriles is 2. The minimum atomic E-state index is -0.289. The second kappa shape index (κ2) is 5.69. The molecular formula is C16H6N2O2S2. The fourth-order valence-corrected chi connectivity index (χ4v) is 3.49. The molecule has 0 radical (unpaired) electrons. The monoisotopic (exact) mass is 322 g/mol. The van der Waals surface area contributed by atoms with Crippen LogP contribution < -0.4 is 0 Å². The van der Waals surface area contributed by atoms with Gasteiger partial charge in [-0.1, -0.05) is 24.3 Å². The van der Waals surface area contributed by atoms with E-state index in [1.807, 2.05) is 10.8 Å². The maximum absolute atomic E-state index is 12.7. The average Bonchev–Trinajstić information content (AvgIpc) is 2.54. The van der Waals surface area contributed by atoms with E-state index in [0.29, 0.717) is 20.9 Å². The zero-order valence-electron chi connectivity index (χ0n) is 11.0. The number of thioether (sulfide) groups is 2. The van der Waals surface area contributed by atoms with Crippen LogP contribution in [0, 0.1) is 21.3 Å². The minimum Gasteiger partial charge on any atom is -0.289 e. The summed E-state index contributed by atoms with van der Waals surface area (Å²) in [6, 6.07) is 9.80. The molecule has 1 aliphatic rings. The maximum atomic E-state index is 12.7. The van der Waals surface area contributed by atoms with Crippen LogP contribution >= 0.6 is 23.5 Å². The number of nitrogens with zero attached hydrogens (tertiary/aromatic N) is 2. The fourth-order valence-electron chi connectivity index (χ4n) is 2.43. The topological polar surface area (TPSA) is 81.7 Å². The first-order valence-corrected chi connectivity index (χ1v) is 7.79. The smallest absolute Gasteiger partial charge is 0.195 e. The molecule has 2 aromatic carbocycles. The Kier molecular flexibility index (Phi) is 3.72. The van der Waals surface area contributed by atoms with Gasteiger partial charge in [0.25, 0.3) is 0 Å². The second-order valence-corrected chi connectivity index (χ2v) is 6.06. The van der Waals surface area contributed by atoms with Crippen LogP contribution in [0.15, 0.2) is 46.2 Å². The summed E-state index contributed by atoms with van der Waals surface area (Å²) >= 11 is 1.67. The zero-order valence-corrected chi connectivity index (χ0v) is 12.6. The van der Waals surface area contributed by atoms with Crippen LogP contribution in [-0.4, -0.2) is 11.6 Å². The van der Waals surface area contributed by atoms with E-state index in [2.05, 4.69) is 0 Å². The van der Waals surface area contributed by atoms with Crippen molar-refractivity contribution in [1.82, 2.24) is 0 Å². The van der Waals surface area contributed by atoms with Gasteiger partial charge in [0.05, 0.1) is 0 Å². The molecule has 3 rings (SSSR count). The van der Waals surface area contributed by atoms with E-state index in [1.54, 1.807) is 36.4 Å². The van der Waals surface area contributed by atoms with Crippen LogP contribution in [0.25, 0.3) is 0 Å². The van der Waals surface area contributed by atoms with Crippen molar-refractivity contribution in [2.75, 3.05) is 0 Å². The largest absolute Gasteiger partial charge is 0.289 e. The molecule has 0 fully saturated rings. The SMILES string of the molecule is N#CSc1ccc(SC#N)c2c1C(=O)c1ccccc1C2=O. The van der Waals surface area contributed by atoms with E-state index in [9.17, 15) is 9.59 Å². The third kappa shape index (κ3) is 2.10. The Bertz CT molecular complexity index is 833. The molecule has 0 bridgehead atoms. The lowest BCUT2D eigenvalue weighted by Gasteiger charge is -2.20. The molecule has 0 atom stereocenters. The Morgan fingerprint density at radius 3 is 1.50 bits per heavy atom. The Hall–Kier alpha value is -2.54. The Morgan fingerprint density at radius 1 is 0.727 bits per heavy atom. The summed E-state index contributed by atoms with van der Waals surface area (Å²) in [6.07, 6.45) is 0. The summed E-state index contributed by atoms with van der Waals surface area (Å²) in [4.78, 5) is 26.4. The van der Waals surface area contributed by atoms with Gasteiger partial charge >= 0.3 is 0 Å². The molecule has 104 valence electrons. The van der Waals surface area contributed by atoms with Gasteiger partial charge in [0.1, 0.15) is 10.8 Å².